The molecule has 0 radical (unpaired) electrons. The number of fused-ring (bicyclic) bond motifs is 1. The fraction of sp³-hybridized carbons (Fsp3) is 0.321. The van der Waals surface area contributed by atoms with Crippen molar-refractivity contribution >= 4 is 39.9 Å². The summed E-state index contributed by atoms with van der Waals surface area (Å²) in [4.78, 5) is 20.2. The van der Waals surface area contributed by atoms with Crippen molar-refractivity contribution in [1.29, 1.82) is 0 Å². The molecular formula is C28H30N4O2S2. The molecule has 0 saturated carbocycles. The number of hydrogen-bond acceptors (Lipinski definition) is 7. The molecule has 36 heavy (non-hydrogen) atoms. The van der Waals surface area contributed by atoms with Crippen LogP contribution in [0.1, 0.15) is 61.0 Å². The molecule has 4 heterocycles. The van der Waals surface area contributed by atoms with E-state index in [1.807, 2.05) is 65.8 Å². The summed E-state index contributed by atoms with van der Waals surface area (Å²) >= 11 is 3.20. The number of nitrogens with zero attached hydrogens (tertiary/aromatic N) is 3. The number of carbonyl (C=O) groups excluding carboxylic acids is 1. The molecule has 3 aromatic heterocycles. The topological polar surface area (TPSA) is 68.5 Å². The predicted octanol–water partition coefficient (Wildman–Crippen LogP) is 6.75. The minimum atomic E-state index is -0.311. The van der Waals surface area contributed by atoms with E-state index in [1.54, 1.807) is 22.7 Å². The van der Waals surface area contributed by atoms with Gasteiger partial charge in [0, 0.05) is 33.9 Å². The largest absolute Gasteiger partial charge is 0.462 e. The van der Waals surface area contributed by atoms with Crippen molar-refractivity contribution in [2.24, 2.45) is 4.99 Å². The van der Waals surface area contributed by atoms with Gasteiger partial charge in [-0.2, -0.15) is 5.10 Å². The van der Waals surface area contributed by atoms with E-state index < -0.39 is 0 Å². The number of carbonyl (C=O) groups is 1. The van der Waals surface area contributed by atoms with Gasteiger partial charge in [-0.15, -0.1) is 22.7 Å². The highest BCUT2D eigenvalue weighted by atomic mass is 32.1. The lowest BCUT2D eigenvalue weighted by Crippen LogP contribution is -2.55. The van der Waals surface area contributed by atoms with Crippen molar-refractivity contribution in [1.82, 2.24) is 15.1 Å². The van der Waals surface area contributed by atoms with Crippen LogP contribution >= 0.6 is 22.7 Å². The van der Waals surface area contributed by atoms with E-state index >= 15 is 0 Å². The third-order valence-electron chi connectivity index (χ3n) is 6.14. The highest BCUT2D eigenvalue weighted by Crippen LogP contribution is 2.46. The fourth-order valence-corrected chi connectivity index (χ4v) is 6.89. The number of benzene rings is 1. The summed E-state index contributed by atoms with van der Waals surface area (Å²) in [6.45, 7) is 10.8. The molecule has 0 aliphatic carbocycles. The molecule has 0 unspecified atom stereocenters. The Morgan fingerprint density at radius 1 is 1.19 bits per heavy atom. The van der Waals surface area contributed by atoms with E-state index in [-0.39, 0.29) is 17.0 Å². The average Bonchev–Trinajstić information content (AvgIpc) is 3.55. The second-order valence-electron chi connectivity index (χ2n) is 10.1. The van der Waals surface area contributed by atoms with E-state index in [0.717, 1.165) is 38.7 Å². The minimum Gasteiger partial charge on any atom is -0.462 e. The SMILES string of the molecule is CCOC(=O)c1c(N=Cc2cn(-c3ccccc3)nc2-c2cccs2)sc2c1CC(C)(C)NC2(C)C. The molecule has 186 valence electrons. The summed E-state index contributed by atoms with van der Waals surface area (Å²) in [7, 11) is 0. The zero-order valence-electron chi connectivity index (χ0n) is 21.2. The van der Waals surface area contributed by atoms with Crippen LogP contribution in [-0.2, 0) is 16.7 Å². The maximum Gasteiger partial charge on any atom is 0.341 e. The highest BCUT2D eigenvalue weighted by molar-refractivity contribution is 7.16. The molecule has 0 bridgehead atoms. The first-order chi connectivity index (χ1) is 17.2. The van der Waals surface area contributed by atoms with Crippen molar-refractivity contribution in [3.05, 3.63) is 75.6 Å². The Labute approximate surface area is 219 Å². The number of para-hydroxylation sites is 1. The smallest absolute Gasteiger partial charge is 0.341 e. The Balaban J connectivity index is 1.62. The maximum absolute atomic E-state index is 13.2. The van der Waals surface area contributed by atoms with E-state index in [9.17, 15) is 4.79 Å². The summed E-state index contributed by atoms with van der Waals surface area (Å²) in [6.07, 6.45) is 4.55. The third-order valence-corrected chi connectivity index (χ3v) is 8.48. The second kappa shape index (κ2) is 9.42. The van der Waals surface area contributed by atoms with Gasteiger partial charge in [0.15, 0.2) is 0 Å². The molecule has 5 rings (SSSR count). The Bertz CT molecular complexity index is 1410. The van der Waals surface area contributed by atoms with Crippen LogP contribution in [0.5, 0.6) is 0 Å². The number of aliphatic imine (C=N–C) groups is 1. The quantitative estimate of drug-likeness (QED) is 0.226. The monoisotopic (exact) mass is 518 g/mol. The van der Waals surface area contributed by atoms with Crippen molar-refractivity contribution in [2.75, 3.05) is 6.61 Å². The van der Waals surface area contributed by atoms with Crippen molar-refractivity contribution in [3.8, 4) is 16.3 Å². The van der Waals surface area contributed by atoms with E-state index in [0.29, 0.717) is 17.2 Å². The number of thiophene rings is 2. The van der Waals surface area contributed by atoms with Crippen LogP contribution in [0.15, 0.2) is 59.0 Å². The zero-order valence-corrected chi connectivity index (χ0v) is 22.8. The van der Waals surface area contributed by atoms with Gasteiger partial charge in [-0.05, 0) is 70.2 Å². The fourth-order valence-electron chi connectivity index (χ4n) is 4.95. The minimum absolute atomic E-state index is 0.150. The van der Waals surface area contributed by atoms with Gasteiger partial charge >= 0.3 is 5.97 Å². The molecule has 0 atom stereocenters. The van der Waals surface area contributed by atoms with E-state index in [1.165, 1.54) is 0 Å². The number of rotatable bonds is 6. The Kier molecular flexibility index (Phi) is 6.44. The number of ether oxygens (including phenoxy) is 1. The average molecular weight is 519 g/mol. The molecule has 0 amide bonds. The lowest BCUT2D eigenvalue weighted by molar-refractivity contribution is 0.0525. The van der Waals surface area contributed by atoms with Crippen LogP contribution in [0.25, 0.3) is 16.3 Å². The van der Waals surface area contributed by atoms with Gasteiger partial charge in [0.1, 0.15) is 10.7 Å². The van der Waals surface area contributed by atoms with Crippen LogP contribution in [-0.4, -0.2) is 34.1 Å². The van der Waals surface area contributed by atoms with Crippen molar-refractivity contribution in [3.63, 3.8) is 0 Å². The molecule has 1 aliphatic heterocycles. The van der Waals surface area contributed by atoms with Gasteiger partial charge in [0.2, 0.25) is 0 Å². The van der Waals surface area contributed by atoms with Crippen molar-refractivity contribution < 1.29 is 9.53 Å². The maximum atomic E-state index is 13.2. The number of aromatic nitrogens is 2. The first-order valence-electron chi connectivity index (χ1n) is 12.0. The highest BCUT2D eigenvalue weighted by Gasteiger charge is 2.41. The van der Waals surface area contributed by atoms with Crippen LogP contribution in [0.2, 0.25) is 0 Å². The molecule has 1 aliphatic rings. The molecule has 0 fully saturated rings. The molecule has 0 saturated heterocycles. The van der Waals surface area contributed by atoms with Crippen LogP contribution in [0.3, 0.4) is 0 Å². The molecule has 6 nitrogen and oxygen atoms in total. The normalized spacial score (nSPS) is 16.2. The Morgan fingerprint density at radius 3 is 2.67 bits per heavy atom. The number of hydrogen-bond donors (Lipinski definition) is 1. The molecule has 1 N–H and O–H groups in total. The van der Waals surface area contributed by atoms with Crippen LogP contribution in [0.4, 0.5) is 5.00 Å². The summed E-state index contributed by atoms with van der Waals surface area (Å²) in [5, 5.41) is 11.3. The van der Waals surface area contributed by atoms with Crippen LogP contribution < -0.4 is 5.32 Å². The first-order valence-corrected chi connectivity index (χ1v) is 13.7. The van der Waals surface area contributed by atoms with Gasteiger partial charge in [-0.3, -0.25) is 0 Å². The third kappa shape index (κ3) is 4.68. The molecule has 0 spiro atoms. The van der Waals surface area contributed by atoms with E-state index in [2.05, 4.69) is 39.1 Å². The lowest BCUT2D eigenvalue weighted by Gasteiger charge is -2.42. The lowest BCUT2D eigenvalue weighted by atomic mass is 9.81. The molecular weight excluding hydrogens is 488 g/mol. The standard InChI is InChI=1S/C28H30N4O2S2/c1-6-34-26(33)22-20-15-27(2,3)31-28(4,5)24(20)36-25(22)29-16-18-17-32(19-11-8-7-9-12-19)30-23(18)21-13-10-14-35-21/h7-14,16-17,31H,6,15H2,1-5H3. The van der Waals surface area contributed by atoms with Gasteiger partial charge in [-0.25, -0.2) is 14.5 Å². The Morgan fingerprint density at radius 2 is 1.97 bits per heavy atom. The molecule has 1 aromatic carbocycles. The zero-order chi connectivity index (χ0) is 25.5. The van der Waals surface area contributed by atoms with Gasteiger partial charge in [0.05, 0.1) is 22.7 Å². The predicted molar refractivity (Wildman–Crippen MR) is 148 cm³/mol. The van der Waals surface area contributed by atoms with Crippen LogP contribution in [0, 0.1) is 0 Å². The summed E-state index contributed by atoms with van der Waals surface area (Å²) in [6, 6.07) is 14.1. The molecule has 8 heteroatoms. The van der Waals surface area contributed by atoms with Gasteiger partial charge < -0.3 is 10.1 Å². The summed E-state index contributed by atoms with van der Waals surface area (Å²) in [5.74, 6) is -0.311. The van der Waals surface area contributed by atoms with Gasteiger partial charge in [0.25, 0.3) is 0 Å². The number of esters is 1. The molecule has 4 aromatic rings. The van der Waals surface area contributed by atoms with Gasteiger partial charge in [-0.1, -0.05) is 24.3 Å². The summed E-state index contributed by atoms with van der Waals surface area (Å²) < 4.78 is 7.36. The first kappa shape index (κ1) is 24.6. The van der Waals surface area contributed by atoms with E-state index in [4.69, 9.17) is 14.8 Å². The summed E-state index contributed by atoms with van der Waals surface area (Å²) in [5.41, 5.74) is 3.92. The van der Waals surface area contributed by atoms with Crippen molar-refractivity contribution in [2.45, 2.75) is 52.1 Å². The number of nitrogens with one attached hydrogen (secondary N) is 1. The second-order valence-corrected chi connectivity index (χ2v) is 12.0. The Hall–Kier alpha value is -3.07.